The number of halogens is 6. The molecule has 0 atom stereocenters. The second-order valence-electron chi connectivity index (χ2n) is 4.00. The molecule has 21 heavy (non-hydrogen) atoms. The van der Waals surface area contributed by atoms with Gasteiger partial charge in [-0.05, 0) is 24.3 Å². The molecular weight excluding hydrogens is 350 g/mol. The van der Waals surface area contributed by atoms with Gasteiger partial charge in [0.05, 0.1) is 21.3 Å². The molecule has 0 aliphatic rings. The molecule has 0 spiro atoms. The zero-order valence-electron chi connectivity index (χ0n) is 10.1. The van der Waals surface area contributed by atoms with Gasteiger partial charge < -0.3 is 11.1 Å². The Labute approximate surface area is 132 Å². The van der Waals surface area contributed by atoms with Crippen LogP contribution in [0.2, 0.25) is 15.1 Å². The zero-order chi connectivity index (χ0) is 15.8. The van der Waals surface area contributed by atoms with Gasteiger partial charge in [0, 0.05) is 5.02 Å². The summed E-state index contributed by atoms with van der Waals surface area (Å²) in [6.45, 7) is 0. The molecule has 2 rings (SSSR count). The maximum Gasteiger partial charge on any atom is 0.418 e. The van der Waals surface area contributed by atoms with E-state index < -0.39 is 11.7 Å². The molecule has 1 aromatic carbocycles. The molecule has 0 fully saturated rings. The van der Waals surface area contributed by atoms with Crippen molar-refractivity contribution in [3.63, 3.8) is 0 Å². The van der Waals surface area contributed by atoms with Crippen molar-refractivity contribution in [2.45, 2.75) is 6.18 Å². The lowest BCUT2D eigenvalue weighted by Crippen LogP contribution is -2.09. The molecule has 0 unspecified atom stereocenters. The van der Waals surface area contributed by atoms with Crippen molar-refractivity contribution >= 4 is 52.1 Å². The lowest BCUT2D eigenvalue weighted by molar-refractivity contribution is -0.136. The predicted octanol–water partition coefficient (Wildman–Crippen LogP) is 5.39. The predicted molar refractivity (Wildman–Crippen MR) is 78.4 cm³/mol. The van der Waals surface area contributed by atoms with Crippen LogP contribution >= 0.6 is 34.8 Å². The summed E-state index contributed by atoms with van der Waals surface area (Å²) in [5.74, 6) is -0.0857. The molecular formula is C12H7Cl3F3N3. The fourth-order valence-electron chi connectivity index (χ4n) is 1.56. The van der Waals surface area contributed by atoms with Gasteiger partial charge >= 0.3 is 6.18 Å². The number of hydrogen-bond donors (Lipinski definition) is 2. The van der Waals surface area contributed by atoms with Crippen molar-refractivity contribution in [1.82, 2.24) is 4.98 Å². The summed E-state index contributed by atoms with van der Waals surface area (Å²) >= 11 is 17.2. The molecule has 9 heteroatoms. The normalized spacial score (nSPS) is 11.5. The van der Waals surface area contributed by atoms with Gasteiger partial charge in [0.25, 0.3) is 0 Å². The summed E-state index contributed by atoms with van der Waals surface area (Å²) < 4.78 is 38.9. The minimum Gasteiger partial charge on any atom is -0.382 e. The first-order valence-corrected chi connectivity index (χ1v) is 6.57. The molecule has 112 valence electrons. The number of hydrogen-bond acceptors (Lipinski definition) is 3. The van der Waals surface area contributed by atoms with Crippen LogP contribution in [0, 0.1) is 0 Å². The number of nitrogens with one attached hydrogen (secondary N) is 1. The highest BCUT2D eigenvalue weighted by Gasteiger charge is 2.34. The summed E-state index contributed by atoms with van der Waals surface area (Å²) in [5.41, 5.74) is 4.32. The molecule has 0 aliphatic carbocycles. The topological polar surface area (TPSA) is 50.9 Å². The van der Waals surface area contributed by atoms with E-state index >= 15 is 0 Å². The molecule has 2 aromatic rings. The molecule has 0 radical (unpaired) electrons. The molecule has 0 saturated carbocycles. The Morgan fingerprint density at radius 2 is 1.71 bits per heavy atom. The van der Waals surface area contributed by atoms with Crippen LogP contribution < -0.4 is 11.1 Å². The van der Waals surface area contributed by atoms with Gasteiger partial charge in [-0.1, -0.05) is 34.8 Å². The Bertz CT molecular complexity index is 689. The van der Waals surface area contributed by atoms with E-state index in [9.17, 15) is 13.2 Å². The largest absolute Gasteiger partial charge is 0.418 e. The van der Waals surface area contributed by atoms with Crippen LogP contribution in [-0.2, 0) is 6.18 Å². The van der Waals surface area contributed by atoms with Gasteiger partial charge in [0.15, 0.2) is 5.82 Å². The highest BCUT2D eigenvalue weighted by Crippen LogP contribution is 2.38. The standard InChI is InChI=1S/C12H7Cl3F3N3/c13-5-1-2-9(6(3-5)12(16,17)18)20-11-8(15)4-7(14)10(19)21-11/h1-4H,(H3,19,20,21). The minimum atomic E-state index is -4.59. The average Bonchev–Trinajstić information content (AvgIpc) is 2.36. The van der Waals surface area contributed by atoms with Gasteiger partial charge in [-0.15, -0.1) is 0 Å². The van der Waals surface area contributed by atoms with Crippen molar-refractivity contribution in [3.05, 3.63) is 44.9 Å². The molecule has 0 saturated heterocycles. The summed E-state index contributed by atoms with van der Waals surface area (Å²) in [6, 6.07) is 4.58. The number of benzene rings is 1. The third kappa shape index (κ3) is 3.64. The molecule has 0 bridgehead atoms. The summed E-state index contributed by atoms with van der Waals surface area (Å²) in [4.78, 5) is 3.82. The van der Waals surface area contributed by atoms with Crippen molar-refractivity contribution in [1.29, 1.82) is 0 Å². The lowest BCUT2D eigenvalue weighted by Gasteiger charge is -2.15. The Morgan fingerprint density at radius 3 is 2.33 bits per heavy atom. The summed E-state index contributed by atoms with van der Waals surface area (Å²) in [5, 5.41) is 2.59. The maximum absolute atomic E-state index is 13.0. The number of nitrogens with two attached hydrogens (primary N) is 1. The molecule has 1 heterocycles. The quantitative estimate of drug-likeness (QED) is 0.759. The summed E-state index contributed by atoms with van der Waals surface area (Å²) in [7, 11) is 0. The third-order valence-electron chi connectivity index (χ3n) is 2.50. The van der Waals surface area contributed by atoms with Crippen molar-refractivity contribution in [2.75, 3.05) is 11.1 Å². The van der Waals surface area contributed by atoms with Crippen LogP contribution in [0.1, 0.15) is 5.56 Å². The monoisotopic (exact) mass is 355 g/mol. The van der Waals surface area contributed by atoms with Gasteiger partial charge in [0.2, 0.25) is 0 Å². The summed E-state index contributed by atoms with van der Waals surface area (Å²) in [6.07, 6.45) is -4.59. The first kappa shape index (κ1) is 16.0. The molecule has 0 amide bonds. The second kappa shape index (κ2) is 5.79. The van der Waals surface area contributed by atoms with E-state index in [0.29, 0.717) is 0 Å². The minimum absolute atomic E-state index is 0.0358. The molecule has 3 nitrogen and oxygen atoms in total. The van der Waals surface area contributed by atoms with E-state index in [0.717, 1.165) is 6.07 Å². The molecule has 0 aliphatic heterocycles. The first-order valence-electron chi connectivity index (χ1n) is 5.44. The molecule has 1 aromatic heterocycles. The van der Waals surface area contributed by atoms with E-state index in [1.54, 1.807) is 0 Å². The van der Waals surface area contributed by atoms with E-state index in [1.807, 2.05) is 0 Å². The van der Waals surface area contributed by atoms with Crippen molar-refractivity contribution in [2.24, 2.45) is 0 Å². The van der Waals surface area contributed by atoms with Crippen LogP contribution in [0.3, 0.4) is 0 Å². The number of alkyl halides is 3. The Kier molecular flexibility index (Phi) is 4.41. The lowest BCUT2D eigenvalue weighted by atomic mass is 10.1. The van der Waals surface area contributed by atoms with E-state index in [2.05, 4.69) is 10.3 Å². The van der Waals surface area contributed by atoms with Crippen molar-refractivity contribution < 1.29 is 13.2 Å². The van der Waals surface area contributed by atoms with Crippen LogP contribution in [0.4, 0.5) is 30.5 Å². The van der Waals surface area contributed by atoms with Crippen LogP contribution in [0.25, 0.3) is 0 Å². The van der Waals surface area contributed by atoms with Crippen LogP contribution in [0.15, 0.2) is 24.3 Å². The Balaban J connectivity index is 2.47. The second-order valence-corrected chi connectivity index (χ2v) is 5.25. The molecule has 3 N–H and O–H groups in total. The van der Waals surface area contributed by atoms with Crippen LogP contribution in [0.5, 0.6) is 0 Å². The average molecular weight is 357 g/mol. The first-order chi connectivity index (χ1) is 9.68. The zero-order valence-corrected chi connectivity index (χ0v) is 12.4. The number of anilines is 3. The van der Waals surface area contributed by atoms with Gasteiger partial charge in [-0.3, -0.25) is 0 Å². The maximum atomic E-state index is 13.0. The fourth-order valence-corrected chi connectivity index (χ4v) is 2.13. The number of aromatic nitrogens is 1. The fraction of sp³-hybridized carbons (Fsp3) is 0.0833. The number of nitrogen functional groups attached to an aromatic ring is 1. The number of pyridine rings is 1. The van der Waals surface area contributed by atoms with Crippen LogP contribution in [-0.4, -0.2) is 4.98 Å². The van der Waals surface area contributed by atoms with E-state index in [4.69, 9.17) is 40.5 Å². The van der Waals surface area contributed by atoms with Gasteiger partial charge in [-0.25, -0.2) is 4.98 Å². The third-order valence-corrected chi connectivity index (χ3v) is 3.32. The number of nitrogens with zero attached hydrogens (tertiary/aromatic N) is 1. The Morgan fingerprint density at radius 1 is 1.05 bits per heavy atom. The number of rotatable bonds is 2. The Hall–Kier alpha value is -1.37. The van der Waals surface area contributed by atoms with E-state index in [-0.39, 0.29) is 32.4 Å². The highest BCUT2D eigenvalue weighted by atomic mass is 35.5. The van der Waals surface area contributed by atoms with Gasteiger partial charge in [0.1, 0.15) is 5.82 Å². The van der Waals surface area contributed by atoms with Crippen molar-refractivity contribution in [3.8, 4) is 0 Å². The smallest absolute Gasteiger partial charge is 0.382 e. The van der Waals surface area contributed by atoms with E-state index in [1.165, 1.54) is 18.2 Å². The van der Waals surface area contributed by atoms with Gasteiger partial charge in [-0.2, -0.15) is 13.2 Å². The highest BCUT2D eigenvalue weighted by molar-refractivity contribution is 6.37. The SMILES string of the molecule is Nc1nc(Nc2ccc(Cl)cc2C(F)(F)F)c(Cl)cc1Cl.